The molecule has 0 aromatic heterocycles. The summed E-state index contributed by atoms with van der Waals surface area (Å²) in [5, 5.41) is 9.97. The number of hydrogen-bond acceptors (Lipinski definition) is 2. The van der Waals surface area contributed by atoms with E-state index in [4.69, 9.17) is 5.73 Å². The highest BCUT2D eigenvalue weighted by atomic mass is 16.3. The monoisotopic (exact) mass is 235 g/mol. The molecule has 0 spiro atoms. The van der Waals surface area contributed by atoms with E-state index in [1.807, 2.05) is 6.92 Å². The number of aliphatic hydroxyl groups excluding tert-OH is 1. The summed E-state index contributed by atoms with van der Waals surface area (Å²) < 4.78 is 0. The highest BCUT2D eigenvalue weighted by Crippen LogP contribution is 2.25. The van der Waals surface area contributed by atoms with Crippen LogP contribution in [0.1, 0.15) is 49.3 Å². The lowest BCUT2D eigenvalue weighted by molar-refractivity contribution is 0.126. The van der Waals surface area contributed by atoms with Crippen molar-refractivity contribution < 1.29 is 5.11 Å². The molecule has 0 saturated heterocycles. The summed E-state index contributed by atoms with van der Waals surface area (Å²) in [5.41, 5.74) is 9.76. The molecule has 1 aromatic rings. The summed E-state index contributed by atoms with van der Waals surface area (Å²) >= 11 is 0. The third-order valence-electron chi connectivity index (χ3n) is 3.52. The Morgan fingerprint density at radius 3 is 2.47 bits per heavy atom. The fraction of sp³-hybridized carbons (Fsp3) is 0.600. The van der Waals surface area contributed by atoms with Gasteiger partial charge >= 0.3 is 0 Å². The van der Waals surface area contributed by atoms with Crippen molar-refractivity contribution in [3.8, 4) is 0 Å². The summed E-state index contributed by atoms with van der Waals surface area (Å²) in [7, 11) is 0. The maximum atomic E-state index is 9.97. The van der Waals surface area contributed by atoms with Gasteiger partial charge in [0.1, 0.15) is 0 Å². The van der Waals surface area contributed by atoms with Crippen LogP contribution in [0.3, 0.4) is 0 Å². The van der Waals surface area contributed by atoms with E-state index >= 15 is 0 Å². The Morgan fingerprint density at radius 2 is 1.94 bits per heavy atom. The molecule has 3 N–H and O–H groups in total. The van der Waals surface area contributed by atoms with E-state index in [1.165, 1.54) is 16.7 Å². The number of hydrogen-bond donors (Lipinski definition) is 2. The molecule has 0 radical (unpaired) electrons. The minimum Gasteiger partial charge on any atom is -0.391 e. The third-order valence-corrected chi connectivity index (χ3v) is 3.52. The van der Waals surface area contributed by atoms with Gasteiger partial charge in [0.25, 0.3) is 0 Å². The first kappa shape index (κ1) is 14.2. The van der Waals surface area contributed by atoms with Gasteiger partial charge in [0.15, 0.2) is 0 Å². The third kappa shape index (κ3) is 3.83. The maximum Gasteiger partial charge on any atom is 0.0696 e. The number of benzene rings is 1. The first-order valence-corrected chi connectivity index (χ1v) is 6.46. The Hall–Kier alpha value is -0.860. The molecule has 0 fully saturated rings. The van der Waals surface area contributed by atoms with Crippen molar-refractivity contribution in [2.24, 2.45) is 5.73 Å². The Balaban J connectivity index is 2.72. The standard InChI is InChI=1S/C15H25NO/c1-5-14(16)15(17)9-12(4)13-7-6-10(2)8-11(13)3/h6-8,12,14-15,17H,5,9,16H2,1-4H3. The van der Waals surface area contributed by atoms with E-state index in [0.29, 0.717) is 5.92 Å². The largest absolute Gasteiger partial charge is 0.391 e. The van der Waals surface area contributed by atoms with Crippen molar-refractivity contribution in [2.45, 2.75) is 58.6 Å². The summed E-state index contributed by atoms with van der Waals surface area (Å²) in [6.07, 6.45) is 1.15. The average molecular weight is 235 g/mol. The van der Waals surface area contributed by atoms with Crippen LogP contribution in [-0.2, 0) is 0 Å². The Morgan fingerprint density at radius 1 is 1.29 bits per heavy atom. The lowest BCUT2D eigenvalue weighted by atomic mass is 9.89. The molecule has 0 heterocycles. The van der Waals surface area contributed by atoms with Gasteiger partial charge in [-0.3, -0.25) is 0 Å². The van der Waals surface area contributed by atoms with Gasteiger partial charge in [-0.15, -0.1) is 0 Å². The van der Waals surface area contributed by atoms with Crippen molar-refractivity contribution >= 4 is 0 Å². The topological polar surface area (TPSA) is 46.2 Å². The van der Waals surface area contributed by atoms with E-state index in [1.54, 1.807) is 0 Å². The first-order valence-electron chi connectivity index (χ1n) is 6.46. The molecule has 3 unspecified atom stereocenters. The summed E-state index contributed by atoms with van der Waals surface area (Å²) in [5.74, 6) is 0.350. The van der Waals surface area contributed by atoms with Crippen LogP contribution in [0.4, 0.5) is 0 Å². The maximum absolute atomic E-state index is 9.97. The molecule has 2 heteroatoms. The van der Waals surface area contributed by atoms with Crippen LogP contribution in [0.5, 0.6) is 0 Å². The van der Waals surface area contributed by atoms with Gasteiger partial charge < -0.3 is 10.8 Å². The van der Waals surface area contributed by atoms with Gasteiger partial charge in [0.2, 0.25) is 0 Å². The van der Waals surface area contributed by atoms with Crippen LogP contribution in [0.25, 0.3) is 0 Å². The molecule has 0 aliphatic carbocycles. The Labute approximate surface area is 105 Å². The Bertz CT molecular complexity index is 362. The Kier molecular flexibility index (Phi) is 5.16. The van der Waals surface area contributed by atoms with Crippen LogP contribution in [-0.4, -0.2) is 17.3 Å². The number of nitrogens with two attached hydrogens (primary N) is 1. The van der Waals surface area contributed by atoms with Gasteiger partial charge in [0, 0.05) is 6.04 Å². The number of aliphatic hydroxyl groups is 1. The molecule has 0 amide bonds. The van der Waals surface area contributed by atoms with Crippen molar-refractivity contribution in [2.75, 3.05) is 0 Å². The SMILES string of the molecule is CCC(N)C(O)CC(C)c1ccc(C)cc1C. The molecule has 0 aliphatic heterocycles. The molecule has 17 heavy (non-hydrogen) atoms. The van der Waals surface area contributed by atoms with E-state index in [9.17, 15) is 5.11 Å². The lowest BCUT2D eigenvalue weighted by Crippen LogP contribution is -2.34. The van der Waals surface area contributed by atoms with Crippen LogP contribution in [0.15, 0.2) is 18.2 Å². The quantitative estimate of drug-likeness (QED) is 0.824. The van der Waals surface area contributed by atoms with Crippen LogP contribution in [0, 0.1) is 13.8 Å². The van der Waals surface area contributed by atoms with Gasteiger partial charge in [0.05, 0.1) is 6.10 Å². The van der Waals surface area contributed by atoms with Crippen molar-refractivity contribution in [1.29, 1.82) is 0 Å². The molecule has 0 aliphatic rings. The zero-order valence-electron chi connectivity index (χ0n) is 11.4. The number of aryl methyl sites for hydroxylation is 2. The molecule has 2 nitrogen and oxygen atoms in total. The smallest absolute Gasteiger partial charge is 0.0696 e. The normalized spacial score (nSPS) is 16.6. The molecule has 0 bridgehead atoms. The van der Waals surface area contributed by atoms with E-state index in [0.717, 1.165) is 12.8 Å². The number of rotatable bonds is 5. The zero-order chi connectivity index (χ0) is 13.0. The van der Waals surface area contributed by atoms with Crippen molar-refractivity contribution in [3.63, 3.8) is 0 Å². The highest BCUT2D eigenvalue weighted by molar-refractivity contribution is 5.32. The van der Waals surface area contributed by atoms with Gasteiger partial charge in [-0.2, -0.15) is 0 Å². The van der Waals surface area contributed by atoms with Gasteiger partial charge in [-0.25, -0.2) is 0 Å². The van der Waals surface area contributed by atoms with E-state index in [2.05, 4.69) is 39.0 Å². The van der Waals surface area contributed by atoms with Crippen molar-refractivity contribution in [3.05, 3.63) is 34.9 Å². The molecule has 96 valence electrons. The first-order chi connectivity index (χ1) is 7.95. The van der Waals surface area contributed by atoms with Crippen molar-refractivity contribution in [1.82, 2.24) is 0 Å². The molecule has 1 rings (SSSR count). The second-order valence-electron chi connectivity index (χ2n) is 5.14. The van der Waals surface area contributed by atoms with Crippen LogP contribution < -0.4 is 5.73 Å². The van der Waals surface area contributed by atoms with Crippen LogP contribution in [0.2, 0.25) is 0 Å². The second-order valence-corrected chi connectivity index (χ2v) is 5.14. The van der Waals surface area contributed by atoms with Crippen LogP contribution >= 0.6 is 0 Å². The minimum atomic E-state index is -0.407. The lowest BCUT2D eigenvalue weighted by Gasteiger charge is -2.22. The molecule has 3 atom stereocenters. The molecule has 1 aromatic carbocycles. The van der Waals surface area contributed by atoms with Gasteiger partial charge in [-0.05, 0) is 43.7 Å². The second kappa shape index (κ2) is 6.18. The van der Waals surface area contributed by atoms with Gasteiger partial charge in [-0.1, -0.05) is 37.6 Å². The zero-order valence-corrected chi connectivity index (χ0v) is 11.4. The highest BCUT2D eigenvalue weighted by Gasteiger charge is 2.18. The fourth-order valence-electron chi connectivity index (χ4n) is 2.31. The fourth-order valence-corrected chi connectivity index (χ4v) is 2.31. The summed E-state index contributed by atoms with van der Waals surface area (Å²) in [4.78, 5) is 0. The molecular weight excluding hydrogens is 210 g/mol. The predicted molar refractivity (Wildman–Crippen MR) is 73.2 cm³/mol. The minimum absolute atomic E-state index is 0.108. The molecule has 0 saturated carbocycles. The molecular formula is C15H25NO. The van der Waals surface area contributed by atoms with E-state index < -0.39 is 6.10 Å². The van der Waals surface area contributed by atoms with E-state index in [-0.39, 0.29) is 6.04 Å². The average Bonchev–Trinajstić information content (AvgIpc) is 2.27. The predicted octanol–water partition coefficient (Wildman–Crippen LogP) is 2.90. The summed E-state index contributed by atoms with van der Waals surface area (Å²) in [6.45, 7) is 8.40. The summed E-state index contributed by atoms with van der Waals surface area (Å²) in [6, 6.07) is 6.38.